The molecule has 0 aliphatic heterocycles. The summed E-state index contributed by atoms with van der Waals surface area (Å²) in [6, 6.07) is 12.0. The predicted octanol–water partition coefficient (Wildman–Crippen LogP) is 4.29. The number of benzene rings is 1. The Balaban J connectivity index is 1.68. The summed E-state index contributed by atoms with van der Waals surface area (Å²) in [4.78, 5) is 18.6. The summed E-state index contributed by atoms with van der Waals surface area (Å²) in [6.45, 7) is 0. The van der Waals surface area contributed by atoms with Crippen LogP contribution in [0.4, 0.5) is 0 Å². The zero-order valence-electron chi connectivity index (χ0n) is 17.1. The van der Waals surface area contributed by atoms with Crippen LogP contribution in [-0.4, -0.2) is 36.7 Å². The van der Waals surface area contributed by atoms with E-state index in [4.69, 9.17) is 14.7 Å². The normalized spacial score (nSPS) is 13.5. The van der Waals surface area contributed by atoms with E-state index in [9.17, 15) is 0 Å². The molecule has 1 aliphatic carbocycles. The zero-order valence-corrected chi connectivity index (χ0v) is 17.1. The van der Waals surface area contributed by atoms with Crippen molar-refractivity contribution in [3.8, 4) is 28.3 Å². The smallest absolute Gasteiger partial charge is 0.182 e. The van der Waals surface area contributed by atoms with Crippen LogP contribution in [0.1, 0.15) is 24.1 Å². The van der Waals surface area contributed by atoms with Gasteiger partial charge in [0.25, 0.3) is 0 Å². The average molecular weight is 408 g/mol. The lowest BCUT2D eigenvalue weighted by atomic mass is 9.87. The number of aryl methyl sites for hydroxylation is 1. The highest BCUT2D eigenvalue weighted by molar-refractivity contribution is 6.03. The van der Waals surface area contributed by atoms with Crippen LogP contribution in [0.5, 0.6) is 5.75 Å². The van der Waals surface area contributed by atoms with E-state index in [0.717, 1.165) is 64.9 Å². The zero-order chi connectivity index (χ0) is 20.8. The molecule has 0 saturated carbocycles. The predicted molar refractivity (Wildman–Crippen MR) is 118 cm³/mol. The van der Waals surface area contributed by atoms with Crippen LogP contribution in [0.2, 0.25) is 0 Å². The van der Waals surface area contributed by atoms with Gasteiger partial charge in [0.15, 0.2) is 17.1 Å². The molecule has 152 valence electrons. The van der Waals surface area contributed by atoms with Crippen LogP contribution in [-0.2, 0) is 12.8 Å². The molecule has 4 aromatic heterocycles. The van der Waals surface area contributed by atoms with Gasteiger partial charge >= 0.3 is 0 Å². The van der Waals surface area contributed by atoms with Crippen LogP contribution in [0.3, 0.4) is 0 Å². The standard InChI is InChI=1S/C24H20N6O/c1-31-17-8-6-15(7-9-17)20-18-4-2-3-5-19(18)27-23-21(20)24-28-22(29-30(24)14-26-23)16-10-12-25-13-11-16/h6-14H,2-5H2,1H3. The molecule has 6 rings (SSSR count). The molecule has 5 aromatic rings. The molecule has 31 heavy (non-hydrogen) atoms. The molecule has 7 heteroatoms. The minimum absolute atomic E-state index is 0.648. The van der Waals surface area contributed by atoms with Gasteiger partial charge in [0.2, 0.25) is 0 Å². The van der Waals surface area contributed by atoms with Crippen molar-refractivity contribution in [1.82, 2.24) is 29.5 Å². The van der Waals surface area contributed by atoms with Gasteiger partial charge in [-0.05, 0) is 61.1 Å². The number of rotatable bonds is 3. The average Bonchev–Trinajstić information content (AvgIpc) is 3.28. The second kappa shape index (κ2) is 7.12. The Morgan fingerprint density at radius 3 is 2.52 bits per heavy atom. The summed E-state index contributed by atoms with van der Waals surface area (Å²) in [6.07, 6.45) is 9.51. The van der Waals surface area contributed by atoms with Crippen LogP contribution in [0, 0.1) is 0 Å². The van der Waals surface area contributed by atoms with Gasteiger partial charge in [-0.15, -0.1) is 5.10 Å². The largest absolute Gasteiger partial charge is 0.497 e. The molecule has 0 bridgehead atoms. The fraction of sp³-hybridized carbons (Fsp3) is 0.208. The molecule has 0 fully saturated rings. The molecule has 0 atom stereocenters. The lowest BCUT2D eigenvalue weighted by Crippen LogP contribution is -2.09. The molecule has 0 spiro atoms. The number of ether oxygens (including phenoxy) is 1. The van der Waals surface area contributed by atoms with Crippen molar-refractivity contribution in [3.05, 3.63) is 66.4 Å². The SMILES string of the molecule is COc1ccc(-c2c3c(nc4ncn5nc(-c6ccncc6)nc5c24)CCCC3)cc1. The fourth-order valence-corrected chi connectivity index (χ4v) is 4.42. The molecule has 0 amide bonds. The topological polar surface area (TPSA) is 78.1 Å². The molecule has 7 nitrogen and oxygen atoms in total. The third-order valence-electron chi connectivity index (χ3n) is 5.92. The van der Waals surface area contributed by atoms with Crippen molar-refractivity contribution >= 4 is 16.7 Å². The van der Waals surface area contributed by atoms with Crippen molar-refractivity contribution in [3.63, 3.8) is 0 Å². The summed E-state index contributed by atoms with van der Waals surface area (Å²) in [5.41, 5.74) is 7.13. The van der Waals surface area contributed by atoms with Crippen LogP contribution < -0.4 is 4.74 Å². The molecule has 0 saturated heterocycles. The van der Waals surface area contributed by atoms with E-state index in [-0.39, 0.29) is 0 Å². The molecular formula is C24H20N6O. The quantitative estimate of drug-likeness (QED) is 0.443. The van der Waals surface area contributed by atoms with Crippen LogP contribution >= 0.6 is 0 Å². The second-order valence-electron chi connectivity index (χ2n) is 7.73. The van der Waals surface area contributed by atoms with Crippen LogP contribution in [0.15, 0.2) is 55.1 Å². The number of aromatic nitrogens is 6. The molecule has 1 aliphatic rings. The summed E-state index contributed by atoms with van der Waals surface area (Å²) in [5, 5.41) is 5.62. The van der Waals surface area contributed by atoms with Crippen molar-refractivity contribution in [2.24, 2.45) is 0 Å². The monoisotopic (exact) mass is 408 g/mol. The Morgan fingerprint density at radius 2 is 1.71 bits per heavy atom. The first-order valence-electron chi connectivity index (χ1n) is 10.4. The Kier molecular flexibility index (Phi) is 4.12. The third kappa shape index (κ3) is 2.92. The maximum atomic E-state index is 5.37. The van der Waals surface area contributed by atoms with Gasteiger partial charge in [-0.2, -0.15) is 0 Å². The van der Waals surface area contributed by atoms with E-state index in [1.54, 1.807) is 30.3 Å². The highest BCUT2D eigenvalue weighted by Gasteiger charge is 2.23. The molecular weight excluding hydrogens is 388 g/mol. The highest BCUT2D eigenvalue weighted by atomic mass is 16.5. The van der Waals surface area contributed by atoms with Gasteiger partial charge in [-0.25, -0.2) is 19.5 Å². The van der Waals surface area contributed by atoms with Crippen molar-refractivity contribution < 1.29 is 4.74 Å². The first kappa shape index (κ1) is 17.9. The maximum absolute atomic E-state index is 5.37. The maximum Gasteiger partial charge on any atom is 0.182 e. The summed E-state index contributed by atoms with van der Waals surface area (Å²) < 4.78 is 7.12. The number of fused-ring (bicyclic) bond motifs is 4. The Morgan fingerprint density at radius 1 is 0.903 bits per heavy atom. The molecule has 0 N–H and O–H groups in total. The number of hydrogen-bond donors (Lipinski definition) is 0. The lowest BCUT2D eigenvalue weighted by Gasteiger charge is -2.20. The first-order chi connectivity index (χ1) is 15.3. The fourth-order valence-electron chi connectivity index (χ4n) is 4.42. The highest BCUT2D eigenvalue weighted by Crippen LogP contribution is 2.38. The first-order valence-corrected chi connectivity index (χ1v) is 10.4. The van der Waals surface area contributed by atoms with Gasteiger partial charge in [0.05, 0.1) is 12.5 Å². The van der Waals surface area contributed by atoms with Gasteiger partial charge in [-0.3, -0.25) is 4.98 Å². The van der Waals surface area contributed by atoms with Crippen molar-refractivity contribution in [2.75, 3.05) is 7.11 Å². The third-order valence-corrected chi connectivity index (χ3v) is 5.92. The summed E-state index contributed by atoms with van der Waals surface area (Å²) >= 11 is 0. The van der Waals surface area contributed by atoms with Crippen LogP contribution in [0.25, 0.3) is 39.2 Å². The lowest BCUT2D eigenvalue weighted by molar-refractivity contribution is 0.415. The Hall–Kier alpha value is -3.87. The van der Waals surface area contributed by atoms with E-state index < -0.39 is 0 Å². The van der Waals surface area contributed by atoms with Gasteiger partial charge < -0.3 is 4.74 Å². The number of methoxy groups -OCH3 is 1. The van der Waals surface area contributed by atoms with E-state index in [1.807, 2.05) is 24.3 Å². The van der Waals surface area contributed by atoms with Crippen molar-refractivity contribution in [1.29, 1.82) is 0 Å². The van der Waals surface area contributed by atoms with Gasteiger partial charge in [-0.1, -0.05) is 12.1 Å². The summed E-state index contributed by atoms with van der Waals surface area (Å²) in [7, 11) is 1.68. The minimum atomic E-state index is 0.648. The number of pyridine rings is 2. The van der Waals surface area contributed by atoms with Gasteiger partial charge in [0, 0.05) is 29.2 Å². The minimum Gasteiger partial charge on any atom is -0.497 e. The Labute approximate surface area is 178 Å². The Bertz CT molecular complexity index is 1410. The second-order valence-corrected chi connectivity index (χ2v) is 7.73. The van der Waals surface area contributed by atoms with E-state index in [1.165, 1.54) is 5.56 Å². The molecule has 0 unspecified atom stereocenters. The number of nitrogens with zero attached hydrogens (tertiary/aromatic N) is 6. The summed E-state index contributed by atoms with van der Waals surface area (Å²) in [5.74, 6) is 1.48. The number of hydrogen-bond acceptors (Lipinski definition) is 6. The van der Waals surface area contributed by atoms with E-state index in [0.29, 0.717) is 11.5 Å². The molecule has 0 radical (unpaired) electrons. The van der Waals surface area contributed by atoms with Gasteiger partial charge in [0.1, 0.15) is 12.1 Å². The van der Waals surface area contributed by atoms with E-state index >= 15 is 0 Å². The van der Waals surface area contributed by atoms with E-state index in [2.05, 4.69) is 27.2 Å². The molecule has 4 heterocycles. The van der Waals surface area contributed by atoms with Crippen molar-refractivity contribution in [2.45, 2.75) is 25.7 Å². The molecule has 1 aromatic carbocycles.